The summed E-state index contributed by atoms with van der Waals surface area (Å²) in [5.41, 5.74) is 0.906. The van der Waals surface area contributed by atoms with Gasteiger partial charge in [-0.15, -0.1) is 0 Å². The van der Waals surface area contributed by atoms with Gasteiger partial charge in [-0.05, 0) is 0 Å². The van der Waals surface area contributed by atoms with Crippen molar-refractivity contribution in [1.82, 2.24) is 0 Å². The van der Waals surface area contributed by atoms with Gasteiger partial charge in [0.1, 0.15) is 0 Å². The Balaban J connectivity index is 2.23. The fourth-order valence-corrected chi connectivity index (χ4v) is 2.89. The summed E-state index contributed by atoms with van der Waals surface area (Å²) in [5, 5.41) is 11.0. The second kappa shape index (κ2) is 3.76. The Morgan fingerprint density at radius 2 is 1.69 bits per heavy atom. The van der Waals surface area contributed by atoms with E-state index < -0.39 is 0 Å². The van der Waals surface area contributed by atoms with Crippen molar-refractivity contribution in [3.05, 3.63) is 48.5 Å². The number of fused-ring (bicyclic) bond motifs is 1. The van der Waals surface area contributed by atoms with Gasteiger partial charge in [-0.25, -0.2) is 0 Å². The molecule has 0 fully saturated rings. The molecular formula is C13H9BOS. The minimum atomic E-state index is 0.342. The van der Waals surface area contributed by atoms with Gasteiger partial charge in [-0.2, -0.15) is 0 Å². The molecule has 0 unspecified atom stereocenters. The van der Waals surface area contributed by atoms with E-state index in [1.54, 1.807) is 17.4 Å². The monoisotopic (exact) mass is 224 g/mol. The zero-order valence-electron chi connectivity index (χ0n) is 8.55. The van der Waals surface area contributed by atoms with E-state index in [2.05, 4.69) is 19.0 Å². The van der Waals surface area contributed by atoms with Gasteiger partial charge < -0.3 is 0 Å². The Hall–Kier alpha value is -1.61. The van der Waals surface area contributed by atoms with Gasteiger partial charge in [0.2, 0.25) is 0 Å². The first kappa shape index (κ1) is 9.61. The van der Waals surface area contributed by atoms with E-state index in [4.69, 9.17) is 0 Å². The first-order valence-corrected chi connectivity index (χ1v) is 5.93. The van der Waals surface area contributed by atoms with E-state index in [1.807, 2.05) is 30.3 Å². The summed E-state index contributed by atoms with van der Waals surface area (Å²) in [6, 6.07) is 15.7. The van der Waals surface area contributed by atoms with Gasteiger partial charge in [0.25, 0.3) is 0 Å². The van der Waals surface area contributed by atoms with E-state index in [1.165, 1.54) is 9.98 Å². The van der Waals surface area contributed by atoms with E-state index >= 15 is 0 Å². The maximum absolute atomic E-state index is 9.80. The van der Waals surface area contributed by atoms with Crippen molar-refractivity contribution in [2.45, 2.75) is 0 Å². The van der Waals surface area contributed by atoms with Crippen molar-refractivity contribution in [3.8, 4) is 16.1 Å². The van der Waals surface area contributed by atoms with Gasteiger partial charge in [0, 0.05) is 0 Å². The summed E-state index contributed by atoms with van der Waals surface area (Å²) < 4.78 is 2.36. The summed E-state index contributed by atoms with van der Waals surface area (Å²) >= 11 is 1.70. The minimum absolute atomic E-state index is 0.342. The first-order chi connectivity index (χ1) is 7.84. The molecule has 0 aliphatic rings. The molecule has 1 aromatic heterocycles. The summed E-state index contributed by atoms with van der Waals surface area (Å²) in [7, 11) is 0. The molecule has 76 valence electrons. The van der Waals surface area contributed by atoms with Crippen LogP contribution >= 0.6 is 11.3 Å². The van der Waals surface area contributed by atoms with Crippen molar-refractivity contribution in [2.24, 2.45) is 0 Å². The molecule has 16 heavy (non-hydrogen) atoms. The molecule has 3 rings (SSSR count). The van der Waals surface area contributed by atoms with Crippen LogP contribution in [0.15, 0.2) is 48.5 Å². The molecule has 0 aliphatic heterocycles. The summed E-state index contributed by atoms with van der Waals surface area (Å²) in [6.45, 7) is 2.12. The molecule has 0 amide bonds. The molecule has 2 aromatic carbocycles. The van der Waals surface area contributed by atoms with Crippen LogP contribution in [0.4, 0.5) is 0 Å². The van der Waals surface area contributed by atoms with Crippen LogP contribution in [0, 0.1) is 0 Å². The number of aromatic hydroxyl groups is 1. The second-order valence-electron chi connectivity index (χ2n) is 3.67. The van der Waals surface area contributed by atoms with Gasteiger partial charge in [-0.3, -0.25) is 0 Å². The Bertz CT molecular complexity index is 612. The topological polar surface area (TPSA) is 20.2 Å². The predicted octanol–water partition coefficient (Wildman–Crippen LogP) is 3.61. The molecule has 1 nitrogen and oxygen atoms in total. The van der Waals surface area contributed by atoms with Crippen molar-refractivity contribution in [1.29, 1.82) is 0 Å². The summed E-state index contributed by atoms with van der Waals surface area (Å²) in [6.07, 6.45) is 0. The number of benzene rings is 2. The Morgan fingerprint density at radius 1 is 0.938 bits per heavy atom. The van der Waals surface area contributed by atoms with Gasteiger partial charge in [0.15, 0.2) is 0 Å². The van der Waals surface area contributed by atoms with Gasteiger partial charge in [0.05, 0.1) is 0 Å². The van der Waals surface area contributed by atoms with E-state index in [0.717, 1.165) is 10.3 Å². The number of phenols is 1. The average Bonchev–Trinajstić information content (AvgIpc) is 2.73. The molecule has 0 aliphatic carbocycles. The predicted molar refractivity (Wildman–Crippen MR) is 70.3 cm³/mol. The number of hydrogen-bond acceptors (Lipinski definition) is 2. The van der Waals surface area contributed by atoms with Crippen LogP contribution in [0.25, 0.3) is 20.3 Å². The third-order valence-electron chi connectivity index (χ3n) is 2.60. The van der Waals surface area contributed by atoms with Crippen LogP contribution in [0.2, 0.25) is 0 Å². The van der Waals surface area contributed by atoms with Crippen LogP contribution in [0.3, 0.4) is 0 Å². The molecule has 0 radical (unpaired) electrons. The molecule has 3 aromatic rings. The van der Waals surface area contributed by atoms with Crippen LogP contribution in [-0.4, -0.2) is 12.0 Å². The van der Waals surface area contributed by atoms with E-state index in [9.17, 15) is 5.11 Å². The maximum atomic E-state index is 9.80. The quantitative estimate of drug-likeness (QED) is 0.669. The number of phenolic OH excluding ortho intramolecular Hbond substituents is 1. The SMILES string of the molecule is Oc1ccccc1-c1bc2ccccc2s1. The molecule has 0 spiro atoms. The summed E-state index contributed by atoms with van der Waals surface area (Å²) in [5.74, 6) is 0.342. The molecule has 0 atom stereocenters. The standard InChI is InChI=1S/C13H9BOS/c15-11-7-3-1-5-9(11)13-14-10-6-2-4-8-12(10)16-13/h1-8,15H. The molecule has 1 N–H and O–H groups in total. The normalized spacial score (nSPS) is 10.5. The van der Waals surface area contributed by atoms with Crippen molar-refractivity contribution < 1.29 is 5.11 Å². The fraction of sp³-hybridized carbons (Fsp3) is 0. The summed E-state index contributed by atoms with van der Waals surface area (Å²) in [4.78, 5) is 0. The molecule has 3 heteroatoms. The van der Waals surface area contributed by atoms with Crippen molar-refractivity contribution >= 4 is 28.2 Å². The van der Waals surface area contributed by atoms with Crippen LogP contribution in [-0.2, 0) is 0 Å². The second-order valence-corrected chi connectivity index (χ2v) is 4.75. The van der Waals surface area contributed by atoms with E-state index in [0.29, 0.717) is 5.75 Å². The average molecular weight is 224 g/mol. The van der Waals surface area contributed by atoms with Gasteiger partial charge in [-0.1, -0.05) is 0 Å². The van der Waals surface area contributed by atoms with Crippen LogP contribution in [0.5, 0.6) is 5.75 Å². The van der Waals surface area contributed by atoms with Crippen molar-refractivity contribution in [2.75, 3.05) is 0 Å². The van der Waals surface area contributed by atoms with E-state index in [-0.39, 0.29) is 0 Å². The number of rotatable bonds is 1. The molecule has 1 heterocycles. The number of para-hydroxylation sites is 1. The Kier molecular flexibility index (Phi) is 2.26. The van der Waals surface area contributed by atoms with Crippen LogP contribution in [0.1, 0.15) is 0 Å². The molecular weight excluding hydrogens is 215 g/mol. The first-order valence-electron chi connectivity index (χ1n) is 5.11. The van der Waals surface area contributed by atoms with Crippen molar-refractivity contribution in [3.63, 3.8) is 0 Å². The third-order valence-corrected chi connectivity index (χ3v) is 3.74. The Labute approximate surface area is 98.2 Å². The fourth-order valence-electron chi connectivity index (χ4n) is 1.80. The molecule has 0 saturated heterocycles. The number of hydrogen-bond donors (Lipinski definition) is 1. The third kappa shape index (κ3) is 1.53. The van der Waals surface area contributed by atoms with Gasteiger partial charge >= 0.3 is 98.0 Å². The Morgan fingerprint density at radius 3 is 2.50 bits per heavy atom. The zero-order chi connectivity index (χ0) is 11.0. The van der Waals surface area contributed by atoms with Crippen LogP contribution < -0.4 is 0 Å². The zero-order valence-corrected chi connectivity index (χ0v) is 9.37. The molecule has 0 saturated carbocycles. The molecule has 0 bridgehead atoms.